The van der Waals surface area contributed by atoms with Gasteiger partial charge in [-0.3, -0.25) is 0 Å². The number of rotatable bonds is 2. The number of aryl methyl sites for hydroxylation is 1. The molecular weight excluding hydrogens is 168 g/mol. The first-order valence-corrected chi connectivity index (χ1v) is 4.86. The quantitative estimate of drug-likeness (QED) is 0.666. The standard InChI is InChI=1S/C14H13/c1-12-7-5-6-10-14(12)11-13-8-3-2-4-9-13/h2-4,6-10H,11H2,1H3. The summed E-state index contributed by atoms with van der Waals surface area (Å²) in [5.41, 5.74) is 4.06. The van der Waals surface area contributed by atoms with Crippen molar-refractivity contribution < 1.29 is 0 Å². The van der Waals surface area contributed by atoms with Crippen LogP contribution in [-0.2, 0) is 6.42 Å². The smallest absolute Gasteiger partial charge is 0.00231 e. The van der Waals surface area contributed by atoms with Gasteiger partial charge in [0.2, 0.25) is 0 Å². The lowest BCUT2D eigenvalue weighted by molar-refractivity contribution is 1.16. The van der Waals surface area contributed by atoms with Crippen LogP contribution in [0.5, 0.6) is 0 Å². The van der Waals surface area contributed by atoms with E-state index >= 15 is 0 Å². The largest absolute Gasteiger partial charge is 0.0622 e. The van der Waals surface area contributed by atoms with Gasteiger partial charge in [-0.15, -0.1) is 0 Å². The Morgan fingerprint density at radius 1 is 1.07 bits per heavy atom. The van der Waals surface area contributed by atoms with E-state index in [1.807, 2.05) is 12.1 Å². The zero-order chi connectivity index (χ0) is 9.80. The molecule has 1 radical (unpaired) electrons. The summed E-state index contributed by atoms with van der Waals surface area (Å²) in [5, 5.41) is 0. The maximum Gasteiger partial charge on any atom is -0.00231 e. The molecule has 0 heteroatoms. The third-order valence-electron chi connectivity index (χ3n) is 2.42. The van der Waals surface area contributed by atoms with Gasteiger partial charge in [-0.25, -0.2) is 0 Å². The van der Waals surface area contributed by atoms with Gasteiger partial charge < -0.3 is 0 Å². The highest BCUT2D eigenvalue weighted by Gasteiger charge is 1.97. The summed E-state index contributed by atoms with van der Waals surface area (Å²) in [4.78, 5) is 0. The van der Waals surface area contributed by atoms with Crippen LogP contribution in [0.3, 0.4) is 0 Å². The molecule has 0 bridgehead atoms. The number of hydrogen-bond acceptors (Lipinski definition) is 0. The molecule has 0 aliphatic heterocycles. The Bertz CT molecular complexity index is 401. The molecule has 0 saturated heterocycles. The van der Waals surface area contributed by atoms with Crippen LogP contribution in [0.1, 0.15) is 16.7 Å². The van der Waals surface area contributed by atoms with E-state index in [1.165, 1.54) is 16.7 Å². The Labute approximate surface area is 85.2 Å². The Balaban J connectivity index is 2.24. The van der Waals surface area contributed by atoms with E-state index in [9.17, 15) is 0 Å². The summed E-state index contributed by atoms with van der Waals surface area (Å²) in [6.45, 7) is 2.13. The molecule has 2 rings (SSSR count). The fraction of sp³-hybridized carbons (Fsp3) is 0.143. The first kappa shape index (κ1) is 9.01. The van der Waals surface area contributed by atoms with E-state index in [0.29, 0.717) is 0 Å². The number of benzene rings is 2. The zero-order valence-corrected chi connectivity index (χ0v) is 8.33. The van der Waals surface area contributed by atoms with Crippen molar-refractivity contribution in [1.82, 2.24) is 0 Å². The van der Waals surface area contributed by atoms with Crippen LogP contribution >= 0.6 is 0 Å². The van der Waals surface area contributed by atoms with Crippen LogP contribution in [0.15, 0.2) is 48.5 Å². The lowest BCUT2D eigenvalue weighted by Gasteiger charge is -2.04. The average Bonchev–Trinajstić information content (AvgIpc) is 2.23. The minimum absolute atomic E-state index is 1.02. The highest BCUT2D eigenvalue weighted by molar-refractivity contribution is 5.31. The van der Waals surface area contributed by atoms with Gasteiger partial charge in [-0.1, -0.05) is 48.5 Å². The average molecular weight is 181 g/mol. The van der Waals surface area contributed by atoms with E-state index in [-0.39, 0.29) is 0 Å². The van der Waals surface area contributed by atoms with E-state index < -0.39 is 0 Å². The summed E-state index contributed by atoms with van der Waals surface area (Å²) in [5.74, 6) is 0. The SMILES string of the molecule is Cc1c[c]ccc1Cc1ccccc1. The van der Waals surface area contributed by atoms with Crippen LogP contribution in [0.25, 0.3) is 0 Å². The summed E-state index contributed by atoms with van der Waals surface area (Å²) in [7, 11) is 0. The predicted molar refractivity (Wildman–Crippen MR) is 59.3 cm³/mol. The van der Waals surface area contributed by atoms with E-state index in [4.69, 9.17) is 0 Å². The molecule has 0 fully saturated rings. The molecular formula is C14H13. The van der Waals surface area contributed by atoms with Gasteiger partial charge in [0.1, 0.15) is 0 Å². The summed E-state index contributed by atoms with van der Waals surface area (Å²) >= 11 is 0. The Hall–Kier alpha value is -1.56. The van der Waals surface area contributed by atoms with Crippen molar-refractivity contribution in [2.45, 2.75) is 13.3 Å². The normalized spacial score (nSPS) is 10.1. The van der Waals surface area contributed by atoms with Crippen LogP contribution in [0.4, 0.5) is 0 Å². The summed E-state index contributed by atoms with van der Waals surface area (Å²) < 4.78 is 0. The van der Waals surface area contributed by atoms with E-state index in [0.717, 1.165) is 6.42 Å². The lowest BCUT2D eigenvalue weighted by Crippen LogP contribution is -1.90. The van der Waals surface area contributed by atoms with Crippen LogP contribution < -0.4 is 0 Å². The van der Waals surface area contributed by atoms with E-state index in [2.05, 4.69) is 49.4 Å². The fourth-order valence-corrected chi connectivity index (χ4v) is 1.56. The lowest BCUT2D eigenvalue weighted by atomic mass is 10.0. The molecule has 0 spiro atoms. The minimum Gasteiger partial charge on any atom is -0.0622 e. The Morgan fingerprint density at radius 3 is 2.57 bits per heavy atom. The molecule has 0 unspecified atom stereocenters. The topological polar surface area (TPSA) is 0 Å². The molecule has 0 saturated carbocycles. The summed E-state index contributed by atoms with van der Waals surface area (Å²) in [6, 6.07) is 19.8. The Kier molecular flexibility index (Phi) is 2.64. The van der Waals surface area contributed by atoms with Crippen molar-refractivity contribution in [1.29, 1.82) is 0 Å². The predicted octanol–water partition coefficient (Wildman–Crippen LogP) is 3.39. The number of hydrogen-bond donors (Lipinski definition) is 0. The molecule has 0 N–H and O–H groups in total. The van der Waals surface area contributed by atoms with Crippen molar-refractivity contribution in [3.63, 3.8) is 0 Å². The second-order valence-corrected chi connectivity index (χ2v) is 3.51. The molecule has 0 atom stereocenters. The second kappa shape index (κ2) is 4.10. The Morgan fingerprint density at radius 2 is 1.86 bits per heavy atom. The molecule has 0 heterocycles. The second-order valence-electron chi connectivity index (χ2n) is 3.51. The van der Waals surface area contributed by atoms with Crippen molar-refractivity contribution in [3.8, 4) is 0 Å². The van der Waals surface area contributed by atoms with E-state index in [1.54, 1.807) is 0 Å². The highest BCUT2D eigenvalue weighted by atomic mass is 14.0. The molecule has 2 aromatic carbocycles. The highest BCUT2D eigenvalue weighted by Crippen LogP contribution is 2.12. The van der Waals surface area contributed by atoms with Gasteiger partial charge in [0.05, 0.1) is 0 Å². The molecule has 2 aromatic rings. The van der Waals surface area contributed by atoms with Crippen molar-refractivity contribution >= 4 is 0 Å². The molecule has 0 aromatic heterocycles. The third-order valence-corrected chi connectivity index (χ3v) is 2.42. The van der Waals surface area contributed by atoms with Gasteiger partial charge in [0, 0.05) is 0 Å². The fourth-order valence-electron chi connectivity index (χ4n) is 1.56. The van der Waals surface area contributed by atoms with Crippen LogP contribution in [0.2, 0.25) is 0 Å². The van der Waals surface area contributed by atoms with Crippen LogP contribution in [0, 0.1) is 13.0 Å². The van der Waals surface area contributed by atoms with Crippen molar-refractivity contribution in [2.24, 2.45) is 0 Å². The zero-order valence-electron chi connectivity index (χ0n) is 8.33. The molecule has 14 heavy (non-hydrogen) atoms. The molecule has 69 valence electrons. The van der Waals surface area contributed by atoms with Gasteiger partial charge in [0.25, 0.3) is 0 Å². The first-order chi connectivity index (χ1) is 6.86. The van der Waals surface area contributed by atoms with Gasteiger partial charge in [0.15, 0.2) is 0 Å². The molecule has 0 aliphatic rings. The van der Waals surface area contributed by atoms with Gasteiger partial charge in [-0.2, -0.15) is 0 Å². The third kappa shape index (κ3) is 2.02. The molecule has 0 amide bonds. The first-order valence-electron chi connectivity index (χ1n) is 4.86. The molecule has 0 aliphatic carbocycles. The summed E-state index contributed by atoms with van der Waals surface area (Å²) in [6.07, 6.45) is 1.02. The maximum atomic E-state index is 3.09. The van der Waals surface area contributed by atoms with Crippen molar-refractivity contribution in [3.05, 3.63) is 71.3 Å². The van der Waals surface area contributed by atoms with Gasteiger partial charge in [-0.05, 0) is 36.1 Å². The monoisotopic (exact) mass is 181 g/mol. The maximum absolute atomic E-state index is 3.09. The van der Waals surface area contributed by atoms with Crippen LogP contribution in [-0.4, -0.2) is 0 Å². The minimum atomic E-state index is 1.02. The molecule has 0 nitrogen and oxygen atoms in total. The van der Waals surface area contributed by atoms with Crippen molar-refractivity contribution in [2.75, 3.05) is 0 Å². The van der Waals surface area contributed by atoms with Gasteiger partial charge >= 0.3 is 0 Å².